The summed E-state index contributed by atoms with van der Waals surface area (Å²) in [6.45, 7) is 5.08. The van der Waals surface area contributed by atoms with Crippen LogP contribution in [0, 0.1) is 5.82 Å². The fourth-order valence-corrected chi connectivity index (χ4v) is 4.27. The Labute approximate surface area is 192 Å². The number of rotatable bonds is 6. The predicted octanol–water partition coefficient (Wildman–Crippen LogP) is 5.96. The maximum Gasteiger partial charge on any atom is 0.232 e. The first-order chi connectivity index (χ1) is 16.1. The minimum absolute atomic E-state index is 0.391. The lowest BCUT2D eigenvalue weighted by molar-refractivity contribution is 0.213. The summed E-state index contributed by atoms with van der Waals surface area (Å²) < 4.78 is 21.3. The highest BCUT2D eigenvalue weighted by molar-refractivity contribution is 5.67. The van der Waals surface area contributed by atoms with E-state index < -0.39 is 11.9 Å². The number of anilines is 1. The molecule has 0 spiro atoms. The average Bonchev–Trinajstić information content (AvgIpc) is 3.46. The van der Waals surface area contributed by atoms with Crippen molar-refractivity contribution in [3.63, 3.8) is 0 Å². The highest BCUT2D eigenvalue weighted by Crippen LogP contribution is 2.31. The molecular formula is C26H26FN5O. The number of pyridine rings is 1. The van der Waals surface area contributed by atoms with E-state index in [0.29, 0.717) is 11.4 Å². The van der Waals surface area contributed by atoms with Crippen molar-refractivity contribution in [2.45, 2.75) is 39.2 Å². The minimum Gasteiger partial charge on any atom is -0.469 e. The Morgan fingerprint density at radius 2 is 1.97 bits per heavy atom. The maximum atomic E-state index is 13.5. The monoisotopic (exact) mass is 443 g/mol. The third-order valence-electron chi connectivity index (χ3n) is 5.91. The van der Waals surface area contributed by atoms with Crippen molar-refractivity contribution in [2.24, 2.45) is 0 Å². The molecular weight excluding hydrogens is 417 g/mol. The van der Waals surface area contributed by atoms with Gasteiger partial charge in [0.1, 0.15) is 11.9 Å². The van der Waals surface area contributed by atoms with E-state index in [9.17, 15) is 4.39 Å². The molecule has 1 unspecified atom stereocenters. The Kier molecular flexibility index (Phi) is 5.77. The van der Waals surface area contributed by atoms with E-state index in [2.05, 4.69) is 57.2 Å². The van der Waals surface area contributed by atoms with Crippen LogP contribution >= 0.6 is 0 Å². The van der Waals surface area contributed by atoms with E-state index in [1.165, 1.54) is 30.1 Å². The zero-order valence-corrected chi connectivity index (χ0v) is 18.8. The molecule has 0 aliphatic carbocycles. The second-order valence-corrected chi connectivity index (χ2v) is 8.19. The number of ether oxygens (including phenoxy) is 1. The molecule has 0 N–H and O–H groups in total. The molecule has 4 heterocycles. The van der Waals surface area contributed by atoms with Crippen molar-refractivity contribution >= 4 is 11.3 Å². The number of fused-ring (bicyclic) bond motifs is 1. The van der Waals surface area contributed by atoms with Crippen LogP contribution in [0.2, 0.25) is 0 Å². The van der Waals surface area contributed by atoms with E-state index in [-0.39, 0.29) is 0 Å². The zero-order valence-electron chi connectivity index (χ0n) is 18.8. The number of hydrogen-bond donors (Lipinski definition) is 0. The van der Waals surface area contributed by atoms with Crippen molar-refractivity contribution < 1.29 is 9.13 Å². The Balaban J connectivity index is 1.40. The SMILES string of the molecule is CC/C=C1\CCCN1c1ccc(-c2cnc3ccc(OC(C)c4cncc(F)c4)nn23)cc1. The first kappa shape index (κ1) is 21.1. The van der Waals surface area contributed by atoms with E-state index in [1.54, 1.807) is 16.8 Å². The number of allylic oxidation sites excluding steroid dienone is 2. The highest BCUT2D eigenvalue weighted by Gasteiger charge is 2.18. The van der Waals surface area contributed by atoms with Crippen LogP contribution < -0.4 is 9.64 Å². The number of hydrogen-bond acceptors (Lipinski definition) is 5. The second kappa shape index (κ2) is 9.02. The van der Waals surface area contributed by atoms with Crippen LogP contribution in [0.25, 0.3) is 16.9 Å². The maximum absolute atomic E-state index is 13.5. The van der Waals surface area contributed by atoms with Crippen LogP contribution in [0.5, 0.6) is 5.88 Å². The lowest BCUT2D eigenvalue weighted by atomic mass is 10.1. The summed E-state index contributed by atoms with van der Waals surface area (Å²) in [6.07, 6.45) is 9.90. The summed E-state index contributed by atoms with van der Waals surface area (Å²) in [6, 6.07) is 13.6. The van der Waals surface area contributed by atoms with Gasteiger partial charge < -0.3 is 9.64 Å². The van der Waals surface area contributed by atoms with Crippen molar-refractivity contribution in [3.8, 4) is 17.1 Å². The van der Waals surface area contributed by atoms with Crippen molar-refractivity contribution in [1.29, 1.82) is 0 Å². The van der Waals surface area contributed by atoms with Gasteiger partial charge in [-0.1, -0.05) is 25.1 Å². The van der Waals surface area contributed by atoms with Crippen LogP contribution in [0.15, 0.2) is 72.8 Å². The quantitative estimate of drug-likeness (QED) is 0.368. The highest BCUT2D eigenvalue weighted by atomic mass is 19.1. The van der Waals surface area contributed by atoms with Gasteiger partial charge in [-0.2, -0.15) is 0 Å². The summed E-state index contributed by atoms with van der Waals surface area (Å²) in [5.41, 5.74) is 5.91. The second-order valence-electron chi connectivity index (χ2n) is 8.19. The first-order valence-electron chi connectivity index (χ1n) is 11.3. The van der Waals surface area contributed by atoms with E-state index in [4.69, 9.17) is 4.74 Å². The topological polar surface area (TPSA) is 55.5 Å². The van der Waals surface area contributed by atoms with Gasteiger partial charge in [0.2, 0.25) is 5.88 Å². The molecule has 1 aliphatic heterocycles. The van der Waals surface area contributed by atoms with Crippen LogP contribution in [0.4, 0.5) is 10.1 Å². The van der Waals surface area contributed by atoms with Gasteiger partial charge in [0, 0.05) is 41.3 Å². The zero-order chi connectivity index (χ0) is 22.8. The number of aromatic nitrogens is 4. The Morgan fingerprint density at radius 1 is 1.12 bits per heavy atom. The molecule has 33 heavy (non-hydrogen) atoms. The Morgan fingerprint density at radius 3 is 2.76 bits per heavy atom. The van der Waals surface area contributed by atoms with Crippen LogP contribution in [-0.2, 0) is 0 Å². The molecule has 7 heteroatoms. The van der Waals surface area contributed by atoms with Gasteiger partial charge in [0.05, 0.1) is 18.1 Å². The Hall–Kier alpha value is -3.74. The van der Waals surface area contributed by atoms with Gasteiger partial charge in [0.25, 0.3) is 0 Å². The third kappa shape index (κ3) is 4.31. The van der Waals surface area contributed by atoms with Crippen molar-refractivity contribution in [2.75, 3.05) is 11.4 Å². The van der Waals surface area contributed by atoms with E-state index in [1.807, 2.05) is 19.2 Å². The predicted molar refractivity (Wildman–Crippen MR) is 127 cm³/mol. The fourth-order valence-electron chi connectivity index (χ4n) is 4.27. The standard InChI is InChI=1S/C26H26FN5O/c1-3-5-22-6-4-13-31(22)23-9-7-19(8-10-23)24-17-29-25-11-12-26(30-32(24)25)33-18(2)20-14-21(27)16-28-15-20/h5,7-12,14-18H,3-4,6,13H2,1-2H3/b22-5+. The molecule has 5 rings (SSSR count). The summed E-state index contributed by atoms with van der Waals surface area (Å²) in [7, 11) is 0. The van der Waals surface area contributed by atoms with Crippen molar-refractivity contribution in [1.82, 2.24) is 19.6 Å². The summed E-state index contributed by atoms with van der Waals surface area (Å²) in [5, 5.41) is 4.63. The summed E-state index contributed by atoms with van der Waals surface area (Å²) in [5.74, 6) is 0.0412. The summed E-state index contributed by atoms with van der Waals surface area (Å²) in [4.78, 5) is 10.8. The van der Waals surface area contributed by atoms with Crippen LogP contribution in [0.1, 0.15) is 44.8 Å². The number of halogens is 1. The molecule has 6 nitrogen and oxygen atoms in total. The molecule has 1 atom stereocenters. The van der Waals surface area contributed by atoms with Crippen LogP contribution in [0.3, 0.4) is 0 Å². The van der Waals surface area contributed by atoms with Gasteiger partial charge in [-0.05, 0) is 50.5 Å². The lowest BCUT2D eigenvalue weighted by Gasteiger charge is -2.20. The number of nitrogens with zero attached hydrogens (tertiary/aromatic N) is 5. The average molecular weight is 444 g/mol. The molecule has 0 amide bonds. The van der Waals surface area contributed by atoms with Gasteiger partial charge in [-0.3, -0.25) is 4.98 Å². The summed E-state index contributed by atoms with van der Waals surface area (Å²) >= 11 is 0. The molecule has 0 saturated carbocycles. The van der Waals surface area contributed by atoms with Gasteiger partial charge in [-0.25, -0.2) is 13.9 Å². The third-order valence-corrected chi connectivity index (χ3v) is 5.91. The molecule has 0 radical (unpaired) electrons. The lowest BCUT2D eigenvalue weighted by Crippen LogP contribution is -2.15. The Bertz CT molecular complexity index is 1300. The molecule has 1 saturated heterocycles. The smallest absolute Gasteiger partial charge is 0.232 e. The van der Waals surface area contributed by atoms with Gasteiger partial charge in [0.15, 0.2) is 5.65 Å². The number of benzene rings is 1. The molecule has 1 fully saturated rings. The molecule has 0 bridgehead atoms. The minimum atomic E-state index is -0.393. The van der Waals surface area contributed by atoms with Gasteiger partial charge >= 0.3 is 0 Å². The molecule has 1 aromatic carbocycles. The molecule has 3 aromatic heterocycles. The number of imidazole rings is 1. The van der Waals surface area contributed by atoms with Gasteiger partial charge in [-0.15, -0.1) is 5.10 Å². The van der Waals surface area contributed by atoms with Crippen LogP contribution in [-0.4, -0.2) is 26.1 Å². The van der Waals surface area contributed by atoms with E-state index >= 15 is 0 Å². The molecule has 168 valence electrons. The van der Waals surface area contributed by atoms with E-state index in [0.717, 1.165) is 36.3 Å². The van der Waals surface area contributed by atoms with Crippen molar-refractivity contribution in [3.05, 3.63) is 84.2 Å². The molecule has 4 aromatic rings. The molecule has 1 aliphatic rings. The first-order valence-corrected chi connectivity index (χ1v) is 11.3. The fraction of sp³-hybridized carbons (Fsp3) is 0.269. The normalized spacial score (nSPS) is 16.0. The largest absolute Gasteiger partial charge is 0.469 e.